The van der Waals surface area contributed by atoms with Gasteiger partial charge in [0.2, 0.25) is 11.8 Å². The van der Waals surface area contributed by atoms with Gasteiger partial charge in [0, 0.05) is 13.8 Å². The number of carboxylic acid groups (broad SMARTS) is 1. The molecule has 14 heavy (non-hydrogen) atoms. The highest BCUT2D eigenvalue weighted by Gasteiger charge is 2.43. The van der Waals surface area contributed by atoms with E-state index in [2.05, 4.69) is 0 Å². The molecule has 0 saturated heterocycles. The van der Waals surface area contributed by atoms with Crippen molar-refractivity contribution in [3.05, 3.63) is 0 Å². The molecule has 0 saturated carbocycles. The second-order valence-corrected chi connectivity index (χ2v) is 3.72. The number of imide groups is 1. The van der Waals surface area contributed by atoms with Gasteiger partial charge < -0.3 is 10.2 Å². The average Bonchev–Trinajstić information content (AvgIpc) is 2.02. The summed E-state index contributed by atoms with van der Waals surface area (Å²) >= 11 is 0. The number of aliphatic hydroxyl groups is 1. The van der Waals surface area contributed by atoms with Crippen LogP contribution in [0.1, 0.15) is 13.8 Å². The van der Waals surface area contributed by atoms with Crippen LogP contribution in [0.2, 0.25) is 0 Å². The highest BCUT2D eigenvalue weighted by Crippen LogP contribution is 2.24. The molecule has 0 aromatic carbocycles. The van der Waals surface area contributed by atoms with Crippen LogP contribution in [0.4, 0.5) is 0 Å². The molecule has 2 N–H and O–H groups in total. The molecule has 6 nitrogen and oxygen atoms in total. The van der Waals surface area contributed by atoms with Gasteiger partial charge in [-0.15, -0.1) is 0 Å². The lowest BCUT2D eigenvalue weighted by Gasteiger charge is -2.32. The zero-order chi connectivity index (χ0) is 11.5. The Kier molecular flexibility index (Phi) is 4.16. The Morgan fingerprint density at radius 3 is 1.71 bits per heavy atom. The van der Waals surface area contributed by atoms with Gasteiger partial charge in [0.05, 0.1) is 6.61 Å². The molecular weight excluding hydrogens is 209 g/mol. The van der Waals surface area contributed by atoms with Crippen molar-refractivity contribution >= 4 is 27.0 Å². The Morgan fingerprint density at radius 2 is 1.64 bits per heavy atom. The van der Waals surface area contributed by atoms with Crippen LogP contribution in [0.3, 0.4) is 0 Å². The molecule has 0 radical (unpaired) electrons. The van der Waals surface area contributed by atoms with Crippen molar-refractivity contribution in [3.63, 3.8) is 0 Å². The van der Waals surface area contributed by atoms with Gasteiger partial charge in [-0.1, -0.05) is 9.24 Å². The summed E-state index contributed by atoms with van der Waals surface area (Å²) in [5, 5.41) is 15.7. The lowest BCUT2D eigenvalue weighted by molar-refractivity contribution is -0.160. The SMILES string of the molecule is CC(=O)N(C(C)=O)C(P)(CO)C(=O)O. The van der Waals surface area contributed by atoms with E-state index in [-0.39, 0.29) is 0 Å². The first-order valence-electron chi connectivity index (χ1n) is 3.72. The van der Waals surface area contributed by atoms with Crippen LogP contribution in [-0.4, -0.2) is 44.8 Å². The summed E-state index contributed by atoms with van der Waals surface area (Å²) in [5.41, 5.74) is 0. The minimum atomic E-state index is -1.97. The minimum absolute atomic E-state index is 0.486. The van der Waals surface area contributed by atoms with Gasteiger partial charge in [-0.05, 0) is 0 Å². The van der Waals surface area contributed by atoms with E-state index in [1.807, 2.05) is 0 Å². The molecule has 0 rings (SSSR count). The van der Waals surface area contributed by atoms with E-state index in [4.69, 9.17) is 10.2 Å². The van der Waals surface area contributed by atoms with E-state index in [1.165, 1.54) is 0 Å². The predicted octanol–water partition coefficient (Wildman–Crippen LogP) is -0.970. The lowest BCUT2D eigenvalue weighted by Crippen LogP contribution is -2.56. The van der Waals surface area contributed by atoms with E-state index in [9.17, 15) is 14.4 Å². The summed E-state index contributed by atoms with van der Waals surface area (Å²) in [5.74, 6) is -2.93. The quantitative estimate of drug-likeness (QED) is 0.598. The van der Waals surface area contributed by atoms with Crippen LogP contribution in [0.15, 0.2) is 0 Å². The maximum absolute atomic E-state index is 11.0. The van der Waals surface area contributed by atoms with Crippen LogP contribution in [0.25, 0.3) is 0 Å². The summed E-state index contributed by atoms with van der Waals surface area (Å²) in [4.78, 5) is 33.3. The van der Waals surface area contributed by atoms with Gasteiger partial charge in [-0.25, -0.2) is 4.79 Å². The van der Waals surface area contributed by atoms with Crippen molar-refractivity contribution in [1.29, 1.82) is 0 Å². The Labute approximate surface area is 83.1 Å². The third-order valence-electron chi connectivity index (χ3n) is 1.64. The molecule has 7 heteroatoms. The number of rotatable bonds is 3. The monoisotopic (exact) mass is 221 g/mol. The van der Waals surface area contributed by atoms with Crippen molar-refractivity contribution in [2.75, 3.05) is 6.61 Å². The Hall–Kier alpha value is -1.00. The Balaban J connectivity index is 5.25. The minimum Gasteiger partial charge on any atom is -0.479 e. The fourth-order valence-corrected chi connectivity index (χ4v) is 1.38. The zero-order valence-electron chi connectivity index (χ0n) is 7.85. The second-order valence-electron chi connectivity index (χ2n) is 2.76. The third kappa shape index (κ3) is 2.27. The van der Waals surface area contributed by atoms with E-state index >= 15 is 0 Å². The molecule has 0 aromatic heterocycles. The number of amides is 2. The normalized spacial score (nSPS) is 14.3. The Morgan fingerprint density at radius 1 is 1.29 bits per heavy atom. The highest BCUT2D eigenvalue weighted by atomic mass is 31.0. The molecular formula is C7H12NO5P. The summed E-state index contributed by atoms with van der Waals surface area (Å²) < 4.78 is 0. The molecule has 0 aromatic rings. The van der Waals surface area contributed by atoms with Crippen molar-refractivity contribution < 1.29 is 24.6 Å². The van der Waals surface area contributed by atoms with Gasteiger partial charge >= 0.3 is 5.97 Å². The topological polar surface area (TPSA) is 94.9 Å². The van der Waals surface area contributed by atoms with E-state index in [0.29, 0.717) is 4.90 Å². The summed E-state index contributed by atoms with van der Waals surface area (Å²) in [6.07, 6.45) is 0. The predicted molar refractivity (Wildman–Crippen MR) is 50.4 cm³/mol. The van der Waals surface area contributed by atoms with Crippen LogP contribution in [0, 0.1) is 0 Å². The van der Waals surface area contributed by atoms with Crippen LogP contribution < -0.4 is 0 Å². The van der Waals surface area contributed by atoms with Gasteiger partial charge in [0.1, 0.15) is 0 Å². The molecule has 0 aliphatic rings. The van der Waals surface area contributed by atoms with E-state index < -0.39 is 29.7 Å². The molecule has 0 aliphatic heterocycles. The van der Waals surface area contributed by atoms with Crippen LogP contribution in [-0.2, 0) is 14.4 Å². The molecule has 0 heterocycles. The maximum Gasteiger partial charge on any atom is 0.336 e. The van der Waals surface area contributed by atoms with Crippen molar-refractivity contribution in [3.8, 4) is 0 Å². The molecule has 0 spiro atoms. The number of aliphatic carboxylic acids is 1. The number of hydrogen-bond acceptors (Lipinski definition) is 4. The maximum atomic E-state index is 11.0. The van der Waals surface area contributed by atoms with Crippen molar-refractivity contribution in [2.45, 2.75) is 19.1 Å². The summed E-state index contributed by atoms with van der Waals surface area (Å²) in [6, 6.07) is 0. The first-order valence-corrected chi connectivity index (χ1v) is 4.29. The van der Waals surface area contributed by atoms with Gasteiger partial charge in [-0.2, -0.15) is 0 Å². The number of carbonyl (C=O) groups is 3. The molecule has 0 aliphatic carbocycles. The average molecular weight is 221 g/mol. The fraction of sp³-hybridized carbons (Fsp3) is 0.571. The molecule has 2 amide bonds. The van der Waals surface area contributed by atoms with Crippen LogP contribution >= 0.6 is 9.24 Å². The molecule has 0 bridgehead atoms. The summed E-state index contributed by atoms with van der Waals surface area (Å²) in [7, 11) is 1.79. The van der Waals surface area contributed by atoms with E-state index in [1.54, 1.807) is 9.24 Å². The first kappa shape index (κ1) is 13.0. The van der Waals surface area contributed by atoms with Crippen molar-refractivity contribution in [1.82, 2.24) is 4.90 Å². The molecule has 2 atom stereocenters. The first-order chi connectivity index (χ1) is 6.27. The van der Waals surface area contributed by atoms with Crippen molar-refractivity contribution in [2.24, 2.45) is 0 Å². The number of nitrogens with zero attached hydrogens (tertiary/aromatic N) is 1. The van der Waals surface area contributed by atoms with Gasteiger partial charge in [-0.3, -0.25) is 14.5 Å². The molecule has 0 fully saturated rings. The fourth-order valence-electron chi connectivity index (χ4n) is 1.02. The zero-order valence-corrected chi connectivity index (χ0v) is 9.01. The van der Waals surface area contributed by atoms with Crippen LogP contribution in [0.5, 0.6) is 0 Å². The lowest BCUT2D eigenvalue weighted by atomic mass is 10.2. The standard InChI is InChI=1S/C7H12NO5P/c1-4(10)8(5(2)11)7(14,3-9)6(12)13/h9H,3,14H2,1-2H3,(H,12,13). The summed E-state index contributed by atoms with van der Waals surface area (Å²) in [6.45, 7) is 1.25. The van der Waals surface area contributed by atoms with Gasteiger partial charge in [0.25, 0.3) is 0 Å². The number of aliphatic hydroxyl groups excluding tert-OH is 1. The number of carboxylic acids is 1. The Bertz CT molecular complexity index is 265. The second kappa shape index (κ2) is 4.48. The number of hydrogen-bond donors (Lipinski definition) is 2. The largest absolute Gasteiger partial charge is 0.479 e. The number of carbonyl (C=O) groups excluding carboxylic acids is 2. The highest BCUT2D eigenvalue weighted by molar-refractivity contribution is 7.21. The molecule has 80 valence electrons. The molecule has 2 unspecified atom stereocenters. The third-order valence-corrected chi connectivity index (χ3v) is 2.33. The van der Waals surface area contributed by atoms with E-state index in [0.717, 1.165) is 13.8 Å². The van der Waals surface area contributed by atoms with Gasteiger partial charge in [0.15, 0.2) is 5.28 Å². The smallest absolute Gasteiger partial charge is 0.336 e.